The molecule has 0 aliphatic heterocycles. The summed E-state index contributed by atoms with van der Waals surface area (Å²) in [7, 11) is 0. The number of benzene rings is 2. The van der Waals surface area contributed by atoms with Gasteiger partial charge in [-0.25, -0.2) is 4.98 Å². The zero-order valence-electron chi connectivity index (χ0n) is 14.6. The fourth-order valence-corrected chi connectivity index (χ4v) is 3.34. The third-order valence-corrected chi connectivity index (χ3v) is 4.73. The van der Waals surface area contributed by atoms with Gasteiger partial charge in [-0.15, -0.1) is 5.10 Å². The predicted molar refractivity (Wildman–Crippen MR) is 107 cm³/mol. The van der Waals surface area contributed by atoms with Gasteiger partial charge in [0.05, 0.1) is 5.69 Å². The molecule has 4 rings (SSSR count). The molecule has 0 fully saturated rings. The number of pyridine rings is 1. The van der Waals surface area contributed by atoms with Gasteiger partial charge in [0, 0.05) is 22.8 Å². The highest BCUT2D eigenvalue weighted by molar-refractivity contribution is 9.10. The molecule has 0 bridgehead atoms. The second-order valence-corrected chi connectivity index (χ2v) is 7.08. The first-order chi connectivity index (χ1) is 13.1. The summed E-state index contributed by atoms with van der Waals surface area (Å²) < 4.78 is 2.68. The minimum absolute atomic E-state index is 0.119. The molecule has 1 N–H and O–H groups in total. The zero-order valence-corrected chi connectivity index (χ0v) is 16.1. The number of rotatable bonds is 4. The molecule has 4 aromatic rings. The summed E-state index contributed by atoms with van der Waals surface area (Å²) in [5.41, 5.74) is 4.82. The van der Waals surface area contributed by atoms with E-state index in [2.05, 4.69) is 36.5 Å². The van der Waals surface area contributed by atoms with E-state index in [-0.39, 0.29) is 5.91 Å². The van der Waals surface area contributed by atoms with E-state index in [0.717, 1.165) is 26.8 Å². The van der Waals surface area contributed by atoms with Crippen LogP contribution in [0.3, 0.4) is 0 Å². The van der Waals surface area contributed by atoms with Gasteiger partial charge in [-0.05, 0) is 60.5 Å². The quantitative estimate of drug-likeness (QED) is 0.543. The number of hydrogen-bond donors (Lipinski definition) is 1. The molecule has 2 aromatic heterocycles. The van der Waals surface area contributed by atoms with Crippen LogP contribution in [-0.4, -0.2) is 25.9 Å². The minimum Gasteiger partial charge on any atom is -0.348 e. The van der Waals surface area contributed by atoms with Gasteiger partial charge >= 0.3 is 0 Å². The summed E-state index contributed by atoms with van der Waals surface area (Å²) in [4.78, 5) is 16.8. The van der Waals surface area contributed by atoms with E-state index in [0.29, 0.717) is 17.8 Å². The number of hydrogen-bond acceptors (Lipinski definition) is 4. The van der Waals surface area contributed by atoms with Crippen molar-refractivity contribution in [2.24, 2.45) is 0 Å². The Morgan fingerprint density at radius 3 is 2.85 bits per heavy atom. The number of carbonyl (C=O) groups excluding carboxylic acids is 1. The Bertz CT molecular complexity index is 1140. The lowest BCUT2D eigenvalue weighted by atomic mass is 10.1. The Labute approximate surface area is 164 Å². The van der Waals surface area contributed by atoms with Crippen LogP contribution in [0, 0.1) is 6.92 Å². The normalized spacial score (nSPS) is 10.9. The largest absolute Gasteiger partial charge is 0.348 e. The first-order valence-corrected chi connectivity index (χ1v) is 9.21. The van der Waals surface area contributed by atoms with E-state index >= 15 is 0 Å². The lowest BCUT2D eigenvalue weighted by Gasteiger charge is -2.10. The Morgan fingerprint density at radius 2 is 2.04 bits per heavy atom. The molecule has 0 aliphatic carbocycles. The summed E-state index contributed by atoms with van der Waals surface area (Å²) in [6, 6.07) is 17.1. The maximum atomic E-state index is 12.5. The summed E-state index contributed by atoms with van der Waals surface area (Å²) in [6.45, 7) is 2.41. The molecule has 0 saturated heterocycles. The van der Waals surface area contributed by atoms with Crippen molar-refractivity contribution in [3.05, 3.63) is 82.0 Å². The number of aromatic nitrogens is 4. The SMILES string of the molecule is Cc1cc(C(=O)NCc2cccc(Br)c2)ccc1-n1nnc2cccnc21. The topological polar surface area (TPSA) is 72.7 Å². The highest BCUT2D eigenvalue weighted by Gasteiger charge is 2.12. The maximum absolute atomic E-state index is 12.5. The molecular weight excluding hydrogens is 406 g/mol. The Balaban J connectivity index is 1.55. The Kier molecular flexibility index (Phi) is 4.68. The van der Waals surface area contributed by atoms with Crippen LogP contribution in [0.5, 0.6) is 0 Å². The van der Waals surface area contributed by atoms with Gasteiger partial charge in [-0.2, -0.15) is 4.68 Å². The number of nitrogens with one attached hydrogen (secondary N) is 1. The second kappa shape index (κ2) is 7.28. The number of halogens is 1. The standard InChI is InChI=1S/C20H16BrN5O/c1-13-10-15(20(27)23-12-14-4-2-5-16(21)11-14)7-8-18(13)26-19-17(24-25-26)6-3-9-22-19/h2-11H,12H2,1H3,(H,23,27). The van der Waals surface area contributed by atoms with Crippen molar-refractivity contribution in [1.29, 1.82) is 0 Å². The molecule has 2 heterocycles. The van der Waals surface area contributed by atoms with Crippen LogP contribution < -0.4 is 5.32 Å². The molecule has 0 saturated carbocycles. The smallest absolute Gasteiger partial charge is 0.251 e. The number of carbonyl (C=O) groups is 1. The third-order valence-electron chi connectivity index (χ3n) is 4.24. The maximum Gasteiger partial charge on any atom is 0.251 e. The highest BCUT2D eigenvalue weighted by atomic mass is 79.9. The summed E-state index contributed by atoms with van der Waals surface area (Å²) in [5.74, 6) is -0.119. The molecule has 0 spiro atoms. The van der Waals surface area contributed by atoms with Crippen molar-refractivity contribution in [3.8, 4) is 5.69 Å². The third kappa shape index (κ3) is 3.59. The number of nitrogens with zero attached hydrogens (tertiary/aromatic N) is 4. The van der Waals surface area contributed by atoms with Crippen molar-refractivity contribution in [2.45, 2.75) is 13.5 Å². The van der Waals surface area contributed by atoms with Crippen LogP contribution in [0.1, 0.15) is 21.5 Å². The first-order valence-electron chi connectivity index (χ1n) is 8.42. The van der Waals surface area contributed by atoms with Gasteiger partial charge < -0.3 is 5.32 Å². The number of fused-ring (bicyclic) bond motifs is 1. The molecule has 6 nitrogen and oxygen atoms in total. The number of amides is 1. The van der Waals surface area contributed by atoms with Crippen molar-refractivity contribution in [1.82, 2.24) is 25.3 Å². The van der Waals surface area contributed by atoms with Crippen molar-refractivity contribution < 1.29 is 4.79 Å². The van der Waals surface area contributed by atoms with E-state index < -0.39 is 0 Å². The molecule has 7 heteroatoms. The van der Waals surface area contributed by atoms with Crippen molar-refractivity contribution in [2.75, 3.05) is 0 Å². The van der Waals surface area contributed by atoms with Crippen LogP contribution in [0.15, 0.2) is 65.3 Å². The highest BCUT2D eigenvalue weighted by Crippen LogP contribution is 2.19. The van der Waals surface area contributed by atoms with E-state index in [1.165, 1.54) is 0 Å². The van der Waals surface area contributed by atoms with Crippen LogP contribution in [-0.2, 0) is 6.54 Å². The molecule has 27 heavy (non-hydrogen) atoms. The van der Waals surface area contributed by atoms with Crippen molar-refractivity contribution >= 4 is 33.0 Å². The molecular formula is C20H16BrN5O. The van der Waals surface area contributed by atoms with Crippen LogP contribution in [0.2, 0.25) is 0 Å². The fraction of sp³-hybridized carbons (Fsp3) is 0.100. The van der Waals surface area contributed by atoms with E-state index in [1.54, 1.807) is 16.9 Å². The van der Waals surface area contributed by atoms with Gasteiger partial charge in [0.2, 0.25) is 0 Å². The monoisotopic (exact) mass is 421 g/mol. The van der Waals surface area contributed by atoms with Crippen molar-refractivity contribution in [3.63, 3.8) is 0 Å². The second-order valence-electron chi connectivity index (χ2n) is 6.16. The average Bonchev–Trinajstić information content (AvgIpc) is 3.10. The van der Waals surface area contributed by atoms with Crippen LogP contribution in [0.4, 0.5) is 0 Å². The lowest BCUT2D eigenvalue weighted by Crippen LogP contribution is -2.23. The Morgan fingerprint density at radius 1 is 1.15 bits per heavy atom. The molecule has 1 amide bonds. The van der Waals surface area contributed by atoms with Crippen LogP contribution >= 0.6 is 15.9 Å². The van der Waals surface area contributed by atoms with E-state index in [9.17, 15) is 4.79 Å². The number of aryl methyl sites for hydroxylation is 1. The van der Waals surface area contributed by atoms with Gasteiger partial charge in [-0.3, -0.25) is 4.79 Å². The summed E-state index contributed by atoms with van der Waals surface area (Å²) in [5, 5.41) is 11.3. The van der Waals surface area contributed by atoms with Gasteiger partial charge in [0.15, 0.2) is 5.65 Å². The molecule has 0 unspecified atom stereocenters. The molecule has 0 radical (unpaired) electrons. The molecule has 2 aromatic carbocycles. The lowest BCUT2D eigenvalue weighted by molar-refractivity contribution is 0.0951. The summed E-state index contributed by atoms with van der Waals surface area (Å²) >= 11 is 3.44. The van der Waals surface area contributed by atoms with E-state index in [4.69, 9.17) is 0 Å². The molecule has 0 aliphatic rings. The van der Waals surface area contributed by atoms with Gasteiger partial charge in [-0.1, -0.05) is 33.3 Å². The van der Waals surface area contributed by atoms with Gasteiger partial charge in [0.1, 0.15) is 5.52 Å². The Hall–Kier alpha value is -3.06. The average molecular weight is 422 g/mol. The van der Waals surface area contributed by atoms with Gasteiger partial charge in [0.25, 0.3) is 5.91 Å². The first kappa shape index (κ1) is 17.4. The van der Waals surface area contributed by atoms with E-state index in [1.807, 2.05) is 55.5 Å². The minimum atomic E-state index is -0.119. The molecule has 0 atom stereocenters. The van der Waals surface area contributed by atoms with Crippen LogP contribution in [0.25, 0.3) is 16.9 Å². The fourth-order valence-electron chi connectivity index (χ4n) is 2.89. The molecule has 134 valence electrons. The predicted octanol–water partition coefficient (Wildman–Crippen LogP) is 3.82. The summed E-state index contributed by atoms with van der Waals surface area (Å²) in [6.07, 6.45) is 1.71. The zero-order chi connectivity index (χ0) is 18.8.